The van der Waals surface area contributed by atoms with Crippen LogP contribution >= 0.6 is 0 Å². The van der Waals surface area contributed by atoms with Gasteiger partial charge in [0, 0.05) is 37.3 Å². The number of hydrogen-bond donors (Lipinski definition) is 0. The largest absolute Gasteiger partial charge is 0.335 e. The van der Waals surface area contributed by atoms with Gasteiger partial charge in [0.25, 0.3) is 0 Å². The van der Waals surface area contributed by atoms with Crippen LogP contribution in [0, 0.1) is 25.7 Å². The van der Waals surface area contributed by atoms with Crippen molar-refractivity contribution in [3.8, 4) is 11.8 Å². The predicted molar refractivity (Wildman–Crippen MR) is 108 cm³/mol. The van der Waals surface area contributed by atoms with Crippen LogP contribution in [0.2, 0.25) is 0 Å². The van der Waals surface area contributed by atoms with Crippen molar-refractivity contribution in [3.63, 3.8) is 0 Å². The fraction of sp³-hybridized carbons (Fsp3) is 0.292. The molecule has 2 aliphatic rings. The molecule has 3 heteroatoms. The SMILES string of the molecule is Cc1ccc(CN2CCN3CC(C#Cc4cccc(C)c4)=CC3C2=O)cc1. The van der Waals surface area contributed by atoms with Crippen LogP contribution in [-0.2, 0) is 11.3 Å². The molecule has 27 heavy (non-hydrogen) atoms. The second-order valence-electron chi connectivity index (χ2n) is 7.47. The minimum Gasteiger partial charge on any atom is -0.335 e. The topological polar surface area (TPSA) is 23.6 Å². The van der Waals surface area contributed by atoms with Gasteiger partial charge in [-0.15, -0.1) is 0 Å². The fourth-order valence-corrected chi connectivity index (χ4v) is 3.69. The molecule has 0 N–H and O–H groups in total. The van der Waals surface area contributed by atoms with Gasteiger partial charge in [0.1, 0.15) is 6.04 Å². The van der Waals surface area contributed by atoms with Crippen LogP contribution in [0.3, 0.4) is 0 Å². The minimum atomic E-state index is -0.161. The Labute approximate surface area is 161 Å². The molecule has 2 aliphatic heterocycles. The van der Waals surface area contributed by atoms with E-state index in [0.717, 1.165) is 30.8 Å². The maximum absolute atomic E-state index is 12.9. The van der Waals surface area contributed by atoms with Crippen LogP contribution in [0.25, 0.3) is 0 Å². The second-order valence-corrected chi connectivity index (χ2v) is 7.47. The Morgan fingerprint density at radius 2 is 1.81 bits per heavy atom. The summed E-state index contributed by atoms with van der Waals surface area (Å²) in [5, 5.41) is 0. The zero-order chi connectivity index (χ0) is 18.8. The lowest BCUT2D eigenvalue weighted by Crippen LogP contribution is -2.54. The molecule has 0 radical (unpaired) electrons. The molecule has 4 rings (SSSR count). The number of carbonyl (C=O) groups excluding carboxylic acids is 1. The summed E-state index contributed by atoms with van der Waals surface area (Å²) in [6.45, 7) is 7.27. The van der Waals surface area contributed by atoms with E-state index in [9.17, 15) is 4.79 Å². The van der Waals surface area contributed by atoms with Gasteiger partial charge in [-0.05, 0) is 43.2 Å². The predicted octanol–water partition coefficient (Wildman–Crippen LogP) is 3.31. The molecule has 0 saturated carbocycles. The standard InChI is InChI=1S/C24H24N2O/c1-18-6-8-21(9-7-18)16-26-13-12-25-17-22(15-23(25)24(26)27)11-10-20-5-3-4-19(2)14-20/h3-9,14-15,23H,12-13,16-17H2,1-2H3. The van der Waals surface area contributed by atoms with Crippen molar-refractivity contribution in [3.05, 3.63) is 82.4 Å². The first-order chi connectivity index (χ1) is 13.1. The summed E-state index contributed by atoms with van der Waals surface area (Å²) in [6, 6.07) is 16.5. The maximum Gasteiger partial charge on any atom is 0.244 e. The van der Waals surface area contributed by atoms with E-state index in [2.05, 4.69) is 67.0 Å². The molecule has 1 saturated heterocycles. The number of amides is 1. The number of piperazine rings is 1. The van der Waals surface area contributed by atoms with Gasteiger partial charge in [-0.25, -0.2) is 0 Å². The molecule has 3 nitrogen and oxygen atoms in total. The van der Waals surface area contributed by atoms with Crippen LogP contribution in [-0.4, -0.2) is 41.4 Å². The summed E-state index contributed by atoms with van der Waals surface area (Å²) >= 11 is 0. The summed E-state index contributed by atoms with van der Waals surface area (Å²) in [4.78, 5) is 17.1. The first kappa shape index (κ1) is 17.6. The number of carbonyl (C=O) groups is 1. The van der Waals surface area contributed by atoms with E-state index in [4.69, 9.17) is 0 Å². The molecule has 0 aromatic heterocycles. The van der Waals surface area contributed by atoms with Crippen molar-refractivity contribution >= 4 is 5.91 Å². The number of benzene rings is 2. The van der Waals surface area contributed by atoms with E-state index >= 15 is 0 Å². The van der Waals surface area contributed by atoms with Gasteiger partial charge in [0.15, 0.2) is 0 Å². The lowest BCUT2D eigenvalue weighted by atomic mass is 10.1. The van der Waals surface area contributed by atoms with E-state index in [1.54, 1.807) is 0 Å². The minimum absolute atomic E-state index is 0.161. The van der Waals surface area contributed by atoms with Gasteiger partial charge in [0.05, 0.1) is 0 Å². The third-order valence-electron chi connectivity index (χ3n) is 5.23. The molecular formula is C24H24N2O. The van der Waals surface area contributed by atoms with Crippen molar-refractivity contribution in [2.45, 2.75) is 26.4 Å². The molecule has 1 amide bonds. The number of nitrogens with zero attached hydrogens (tertiary/aromatic N) is 2. The molecule has 2 aromatic rings. The number of hydrogen-bond acceptors (Lipinski definition) is 2. The molecule has 1 unspecified atom stereocenters. The second kappa shape index (κ2) is 7.42. The molecule has 136 valence electrons. The molecule has 0 aliphatic carbocycles. The lowest BCUT2D eigenvalue weighted by molar-refractivity contribution is -0.139. The molecule has 0 spiro atoms. The van der Waals surface area contributed by atoms with Crippen LogP contribution in [0.15, 0.2) is 60.2 Å². The monoisotopic (exact) mass is 356 g/mol. The lowest BCUT2D eigenvalue weighted by Gasteiger charge is -2.36. The van der Waals surface area contributed by atoms with Crippen LogP contribution < -0.4 is 0 Å². The Morgan fingerprint density at radius 1 is 1.00 bits per heavy atom. The Hall–Kier alpha value is -2.83. The normalized spacial score (nSPS) is 19.3. The quantitative estimate of drug-likeness (QED) is 0.771. The third kappa shape index (κ3) is 3.97. The average Bonchev–Trinajstić information content (AvgIpc) is 3.08. The van der Waals surface area contributed by atoms with Crippen molar-refractivity contribution in [2.24, 2.45) is 0 Å². The molecule has 1 atom stereocenters. The van der Waals surface area contributed by atoms with E-state index in [0.29, 0.717) is 6.54 Å². The Kier molecular flexibility index (Phi) is 4.83. The summed E-state index contributed by atoms with van der Waals surface area (Å²) in [5.74, 6) is 6.70. The number of aryl methyl sites for hydroxylation is 2. The van der Waals surface area contributed by atoms with Gasteiger partial charge in [-0.3, -0.25) is 9.69 Å². The highest BCUT2D eigenvalue weighted by molar-refractivity contribution is 5.85. The summed E-state index contributed by atoms with van der Waals surface area (Å²) < 4.78 is 0. The molecule has 2 aromatic carbocycles. The zero-order valence-electron chi connectivity index (χ0n) is 15.9. The first-order valence-electron chi connectivity index (χ1n) is 9.46. The van der Waals surface area contributed by atoms with Gasteiger partial charge in [-0.2, -0.15) is 0 Å². The van der Waals surface area contributed by atoms with Crippen LogP contribution in [0.1, 0.15) is 22.3 Å². The molecule has 0 bridgehead atoms. The van der Waals surface area contributed by atoms with Crippen molar-refractivity contribution in [1.29, 1.82) is 0 Å². The smallest absolute Gasteiger partial charge is 0.244 e. The Morgan fingerprint density at radius 3 is 2.59 bits per heavy atom. The molecule has 2 heterocycles. The van der Waals surface area contributed by atoms with Crippen LogP contribution in [0.4, 0.5) is 0 Å². The number of fused-ring (bicyclic) bond motifs is 1. The highest BCUT2D eigenvalue weighted by atomic mass is 16.2. The summed E-state index contributed by atoms with van der Waals surface area (Å²) in [6.07, 6.45) is 2.05. The van der Waals surface area contributed by atoms with Gasteiger partial charge in [-0.1, -0.05) is 53.8 Å². The zero-order valence-corrected chi connectivity index (χ0v) is 15.9. The highest BCUT2D eigenvalue weighted by Crippen LogP contribution is 2.23. The Balaban J connectivity index is 1.46. The maximum atomic E-state index is 12.9. The van der Waals surface area contributed by atoms with E-state index < -0.39 is 0 Å². The fourth-order valence-electron chi connectivity index (χ4n) is 3.69. The van der Waals surface area contributed by atoms with E-state index in [1.807, 2.05) is 23.1 Å². The first-order valence-corrected chi connectivity index (χ1v) is 9.46. The van der Waals surface area contributed by atoms with Crippen molar-refractivity contribution < 1.29 is 4.79 Å². The Bertz CT molecular complexity index is 946. The molecular weight excluding hydrogens is 332 g/mol. The van der Waals surface area contributed by atoms with Crippen LogP contribution in [0.5, 0.6) is 0 Å². The molecule has 1 fully saturated rings. The van der Waals surface area contributed by atoms with E-state index in [-0.39, 0.29) is 11.9 Å². The third-order valence-corrected chi connectivity index (χ3v) is 5.23. The van der Waals surface area contributed by atoms with Crippen molar-refractivity contribution in [1.82, 2.24) is 9.80 Å². The van der Waals surface area contributed by atoms with Gasteiger partial charge < -0.3 is 4.90 Å². The summed E-state index contributed by atoms with van der Waals surface area (Å²) in [7, 11) is 0. The number of rotatable bonds is 2. The van der Waals surface area contributed by atoms with Crippen molar-refractivity contribution in [2.75, 3.05) is 19.6 Å². The summed E-state index contributed by atoms with van der Waals surface area (Å²) in [5.41, 5.74) is 5.70. The van der Waals surface area contributed by atoms with Gasteiger partial charge >= 0.3 is 0 Å². The average molecular weight is 356 g/mol. The van der Waals surface area contributed by atoms with Gasteiger partial charge in [0.2, 0.25) is 5.91 Å². The van der Waals surface area contributed by atoms with E-state index in [1.165, 1.54) is 16.7 Å². The highest BCUT2D eigenvalue weighted by Gasteiger charge is 2.37.